The number of benzene rings is 1. The first-order valence-electron chi connectivity index (χ1n) is 5.91. The maximum Gasteiger partial charge on any atom is 0.237 e. The van der Waals surface area contributed by atoms with Gasteiger partial charge in [0.1, 0.15) is 16.4 Å². The van der Waals surface area contributed by atoms with Gasteiger partial charge in [0.15, 0.2) is 0 Å². The fourth-order valence-electron chi connectivity index (χ4n) is 2.52. The molecule has 2 N–H and O–H groups in total. The molecule has 1 saturated carbocycles. The molecule has 98 valence electrons. The lowest BCUT2D eigenvalue weighted by Crippen LogP contribution is -2.35. The van der Waals surface area contributed by atoms with E-state index in [2.05, 4.69) is 0 Å². The molecule has 5 nitrogen and oxygen atoms in total. The van der Waals surface area contributed by atoms with Crippen LogP contribution in [0.3, 0.4) is 0 Å². The Bertz CT molecular complexity index is 594. The average Bonchev–Trinajstić information content (AvgIpc) is 3.14. The number of thiocarbonyl (C=S) groups is 1. The van der Waals surface area contributed by atoms with Gasteiger partial charge in [-0.15, -0.1) is 0 Å². The first-order valence-corrected chi connectivity index (χ1v) is 6.31. The minimum Gasteiger partial charge on any atom is -0.495 e. The number of amides is 2. The SMILES string of the molecule is COc1cccc(C(N)=S)c1N1C(=O)C2CC2C1=O. The van der Waals surface area contributed by atoms with Gasteiger partial charge < -0.3 is 10.5 Å². The smallest absolute Gasteiger partial charge is 0.237 e. The molecule has 1 aliphatic heterocycles. The Labute approximate surface area is 115 Å². The summed E-state index contributed by atoms with van der Waals surface area (Å²) in [5.41, 5.74) is 6.53. The van der Waals surface area contributed by atoms with Gasteiger partial charge in [0.05, 0.1) is 18.9 Å². The molecule has 1 heterocycles. The van der Waals surface area contributed by atoms with E-state index in [-0.39, 0.29) is 28.6 Å². The van der Waals surface area contributed by atoms with Gasteiger partial charge in [-0.05, 0) is 18.6 Å². The van der Waals surface area contributed by atoms with Crippen molar-refractivity contribution in [3.05, 3.63) is 23.8 Å². The van der Waals surface area contributed by atoms with Crippen LogP contribution in [0.4, 0.5) is 5.69 Å². The molecule has 2 aliphatic rings. The predicted octanol–water partition coefficient (Wildman–Crippen LogP) is 0.839. The van der Waals surface area contributed by atoms with Crippen molar-refractivity contribution in [2.24, 2.45) is 17.6 Å². The summed E-state index contributed by atoms with van der Waals surface area (Å²) in [6.07, 6.45) is 0.658. The number of ether oxygens (including phenoxy) is 1. The highest BCUT2D eigenvalue weighted by Gasteiger charge is 2.60. The Morgan fingerprint density at radius 1 is 1.37 bits per heavy atom. The monoisotopic (exact) mass is 276 g/mol. The largest absolute Gasteiger partial charge is 0.495 e. The minimum atomic E-state index is -0.183. The van der Waals surface area contributed by atoms with Gasteiger partial charge >= 0.3 is 0 Å². The lowest BCUT2D eigenvalue weighted by Gasteiger charge is -2.22. The van der Waals surface area contributed by atoms with Crippen LogP contribution < -0.4 is 15.4 Å². The highest BCUT2D eigenvalue weighted by atomic mass is 32.1. The van der Waals surface area contributed by atoms with E-state index in [4.69, 9.17) is 22.7 Å². The number of imide groups is 1. The summed E-state index contributed by atoms with van der Waals surface area (Å²) >= 11 is 4.98. The van der Waals surface area contributed by atoms with Crippen LogP contribution in [0.1, 0.15) is 12.0 Å². The summed E-state index contributed by atoms with van der Waals surface area (Å²) in [4.78, 5) is 25.6. The maximum absolute atomic E-state index is 12.2. The molecule has 2 atom stereocenters. The van der Waals surface area contributed by atoms with Crippen molar-refractivity contribution >= 4 is 34.7 Å². The van der Waals surface area contributed by atoms with E-state index in [1.165, 1.54) is 12.0 Å². The van der Waals surface area contributed by atoms with E-state index < -0.39 is 0 Å². The van der Waals surface area contributed by atoms with Gasteiger partial charge in [-0.25, -0.2) is 4.90 Å². The topological polar surface area (TPSA) is 72.6 Å². The molecule has 1 aromatic carbocycles. The second-order valence-electron chi connectivity index (χ2n) is 4.68. The Kier molecular flexibility index (Phi) is 2.56. The lowest BCUT2D eigenvalue weighted by molar-refractivity contribution is -0.123. The number of fused-ring (bicyclic) bond motifs is 1. The summed E-state index contributed by atoms with van der Waals surface area (Å²) < 4.78 is 5.23. The summed E-state index contributed by atoms with van der Waals surface area (Å²) in [5, 5.41) is 0. The molecule has 1 saturated heterocycles. The molecule has 2 fully saturated rings. The first-order chi connectivity index (χ1) is 9.06. The molecule has 0 radical (unpaired) electrons. The standard InChI is InChI=1S/C13H12N2O3S/c1-18-9-4-2-3-6(11(14)19)10(9)15-12(16)7-5-8(7)13(15)17/h2-4,7-8H,5H2,1H3,(H2,14,19). The number of hydrogen-bond acceptors (Lipinski definition) is 4. The fourth-order valence-corrected chi connectivity index (χ4v) is 2.68. The minimum absolute atomic E-state index is 0.134. The van der Waals surface area contributed by atoms with Gasteiger partial charge in [-0.3, -0.25) is 9.59 Å². The van der Waals surface area contributed by atoms with Crippen LogP contribution in [0.25, 0.3) is 0 Å². The maximum atomic E-state index is 12.2. The van der Waals surface area contributed by atoms with Crippen molar-refractivity contribution in [2.75, 3.05) is 12.0 Å². The van der Waals surface area contributed by atoms with Gasteiger partial charge in [-0.1, -0.05) is 18.3 Å². The van der Waals surface area contributed by atoms with Crippen molar-refractivity contribution in [2.45, 2.75) is 6.42 Å². The molecule has 2 amide bonds. The van der Waals surface area contributed by atoms with Crippen molar-refractivity contribution < 1.29 is 14.3 Å². The Balaban J connectivity index is 2.16. The molecule has 0 aromatic heterocycles. The summed E-state index contributed by atoms with van der Waals surface area (Å²) in [6.45, 7) is 0. The second kappa shape index (κ2) is 4.03. The Morgan fingerprint density at radius 2 is 2.00 bits per heavy atom. The Hall–Kier alpha value is -1.95. The number of carbonyl (C=O) groups excluding carboxylic acids is 2. The number of anilines is 1. The van der Waals surface area contributed by atoms with Crippen LogP contribution in [0, 0.1) is 11.8 Å². The molecule has 3 rings (SSSR count). The Morgan fingerprint density at radius 3 is 2.53 bits per heavy atom. The van der Waals surface area contributed by atoms with E-state index in [1.807, 2.05) is 0 Å². The molecule has 1 aliphatic carbocycles. The van der Waals surface area contributed by atoms with E-state index in [1.54, 1.807) is 18.2 Å². The van der Waals surface area contributed by atoms with Crippen molar-refractivity contribution in [1.82, 2.24) is 0 Å². The number of carbonyl (C=O) groups is 2. The third kappa shape index (κ3) is 1.63. The average molecular weight is 276 g/mol. The van der Waals surface area contributed by atoms with E-state index in [9.17, 15) is 9.59 Å². The van der Waals surface area contributed by atoms with Crippen LogP contribution in [0.5, 0.6) is 5.75 Å². The van der Waals surface area contributed by atoms with E-state index in [0.29, 0.717) is 23.4 Å². The highest BCUT2D eigenvalue weighted by Crippen LogP contribution is 2.50. The zero-order valence-corrected chi connectivity index (χ0v) is 11.1. The van der Waals surface area contributed by atoms with Crippen LogP contribution in [-0.2, 0) is 9.59 Å². The summed E-state index contributed by atoms with van der Waals surface area (Å²) in [7, 11) is 1.48. The third-order valence-corrected chi connectivity index (χ3v) is 3.79. The van der Waals surface area contributed by atoms with Gasteiger partial charge in [0, 0.05) is 5.56 Å². The first kappa shape index (κ1) is 12.1. The van der Waals surface area contributed by atoms with Crippen LogP contribution in [-0.4, -0.2) is 23.9 Å². The molecular formula is C13H12N2O3S. The van der Waals surface area contributed by atoms with Gasteiger partial charge in [0.2, 0.25) is 11.8 Å². The molecule has 6 heteroatoms. The molecular weight excluding hydrogens is 264 g/mol. The summed E-state index contributed by atoms with van der Waals surface area (Å²) in [6, 6.07) is 5.09. The number of hydrogen-bond donors (Lipinski definition) is 1. The molecule has 0 spiro atoms. The third-order valence-electron chi connectivity index (χ3n) is 3.57. The number of rotatable bonds is 3. The molecule has 1 aromatic rings. The van der Waals surface area contributed by atoms with Crippen molar-refractivity contribution in [1.29, 1.82) is 0 Å². The predicted molar refractivity (Wildman–Crippen MR) is 73.0 cm³/mol. The highest BCUT2D eigenvalue weighted by molar-refractivity contribution is 7.80. The van der Waals surface area contributed by atoms with Crippen LogP contribution in [0.15, 0.2) is 18.2 Å². The van der Waals surface area contributed by atoms with Crippen LogP contribution >= 0.6 is 12.2 Å². The summed E-state index contributed by atoms with van der Waals surface area (Å²) in [5.74, 6) is -0.282. The number of methoxy groups -OCH3 is 1. The second-order valence-corrected chi connectivity index (χ2v) is 5.12. The fraction of sp³-hybridized carbons (Fsp3) is 0.308. The molecule has 2 unspecified atom stereocenters. The zero-order chi connectivity index (χ0) is 13.7. The van der Waals surface area contributed by atoms with E-state index >= 15 is 0 Å². The van der Waals surface area contributed by atoms with E-state index in [0.717, 1.165) is 0 Å². The van der Waals surface area contributed by atoms with Crippen molar-refractivity contribution in [3.63, 3.8) is 0 Å². The van der Waals surface area contributed by atoms with Gasteiger partial charge in [0.25, 0.3) is 0 Å². The number of para-hydroxylation sites is 1. The van der Waals surface area contributed by atoms with Gasteiger partial charge in [-0.2, -0.15) is 0 Å². The number of piperidine rings is 1. The molecule has 19 heavy (non-hydrogen) atoms. The number of nitrogens with zero attached hydrogens (tertiary/aromatic N) is 1. The lowest BCUT2D eigenvalue weighted by atomic mass is 10.1. The normalized spacial score (nSPS) is 24.4. The van der Waals surface area contributed by atoms with Crippen molar-refractivity contribution in [3.8, 4) is 5.75 Å². The quantitative estimate of drug-likeness (QED) is 0.654. The zero-order valence-electron chi connectivity index (χ0n) is 10.3. The number of nitrogens with two attached hydrogens (primary N) is 1. The molecule has 0 bridgehead atoms. The van der Waals surface area contributed by atoms with Crippen LogP contribution in [0.2, 0.25) is 0 Å².